The molecule has 1 heterocycles. The number of rotatable bonds is 3. The molecule has 0 aliphatic heterocycles. The van der Waals surface area contributed by atoms with Gasteiger partial charge in [-0.3, -0.25) is 10.0 Å². The van der Waals surface area contributed by atoms with Crippen LogP contribution in [0.5, 0.6) is 0 Å². The van der Waals surface area contributed by atoms with E-state index in [-0.39, 0.29) is 11.9 Å². The number of hydrogen-bond acceptors (Lipinski definition) is 3. The van der Waals surface area contributed by atoms with Crippen molar-refractivity contribution in [2.75, 3.05) is 0 Å². The fourth-order valence-electron chi connectivity index (χ4n) is 1.42. The van der Waals surface area contributed by atoms with Crippen molar-refractivity contribution in [3.63, 3.8) is 0 Å². The zero-order valence-electron chi connectivity index (χ0n) is 10.7. The third-order valence-corrected chi connectivity index (χ3v) is 5.85. The fourth-order valence-corrected chi connectivity index (χ4v) is 5.11. The number of nitrogens with zero attached hydrogens (tertiary/aromatic N) is 1. The van der Waals surface area contributed by atoms with Crippen molar-refractivity contribution in [1.29, 1.82) is 0 Å². The Bertz CT molecular complexity index is 426. The van der Waals surface area contributed by atoms with Gasteiger partial charge in [0, 0.05) is 0 Å². The molecule has 0 spiro atoms. The van der Waals surface area contributed by atoms with E-state index in [1.807, 2.05) is 6.07 Å². The molecule has 0 aliphatic rings. The molecule has 0 atom stereocenters. The van der Waals surface area contributed by atoms with Crippen LogP contribution in [-0.4, -0.2) is 30.3 Å². The van der Waals surface area contributed by atoms with E-state index in [0.717, 1.165) is 10.2 Å². The second-order valence-corrected chi connectivity index (χ2v) is 12.0. The van der Waals surface area contributed by atoms with Crippen molar-refractivity contribution in [2.24, 2.45) is 0 Å². The Kier molecular flexibility index (Phi) is 4.41. The molecule has 0 aromatic carbocycles. The number of amides is 1. The van der Waals surface area contributed by atoms with Gasteiger partial charge >= 0.3 is 0 Å². The molecule has 6 heteroatoms. The van der Waals surface area contributed by atoms with Crippen LogP contribution in [0.1, 0.15) is 23.5 Å². The lowest BCUT2D eigenvalue weighted by atomic mass is 10.3. The molecule has 3 nitrogen and oxygen atoms in total. The smallest absolute Gasteiger partial charge is 0.285 e. The second-order valence-electron chi connectivity index (χ2n) is 5.29. The average Bonchev–Trinajstić information content (AvgIpc) is 2.57. The highest BCUT2D eigenvalue weighted by molar-refractivity contribution is 7.20. The molecule has 0 saturated heterocycles. The molecular weight excluding hydrogens is 274 g/mol. The highest BCUT2D eigenvalue weighted by Crippen LogP contribution is 2.24. The third-order valence-electron chi connectivity index (χ3n) is 2.40. The standard InChI is InChI=1S/C11H18ClNO2SSi/c1-7(2)13(15)11(14)10-8(17(3,4)5)6-9(12)16-10/h6-7,15H,1-5H3. The van der Waals surface area contributed by atoms with Gasteiger partial charge < -0.3 is 0 Å². The van der Waals surface area contributed by atoms with E-state index >= 15 is 0 Å². The second kappa shape index (κ2) is 5.10. The predicted molar refractivity (Wildman–Crippen MR) is 75.4 cm³/mol. The summed E-state index contributed by atoms with van der Waals surface area (Å²) in [6.45, 7) is 9.99. The van der Waals surface area contributed by atoms with Gasteiger partial charge in [0.1, 0.15) is 0 Å². The van der Waals surface area contributed by atoms with Crippen LogP contribution in [0.15, 0.2) is 6.07 Å². The minimum atomic E-state index is -1.63. The predicted octanol–water partition coefficient (Wildman–Crippen LogP) is 3.19. The van der Waals surface area contributed by atoms with Crippen molar-refractivity contribution in [3.8, 4) is 0 Å². The molecule has 96 valence electrons. The Morgan fingerprint density at radius 3 is 2.41 bits per heavy atom. The number of thiophene rings is 1. The minimum Gasteiger partial charge on any atom is -0.285 e. The lowest BCUT2D eigenvalue weighted by molar-refractivity contribution is -0.0790. The first-order valence-corrected chi connectivity index (χ1v) is 10.2. The number of carbonyl (C=O) groups is 1. The molecule has 0 bridgehead atoms. The van der Waals surface area contributed by atoms with Crippen LogP contribution in [0, 0.1) is 0 Å². The van der Waals surface area contributed by atoms with Gasteiger partial charge in [-0.25, -0.2) is 5.06 Å². The van der Waals surface area contributed by atoms with Gasteiger partial charge in [-0.05, 0) is 25.1 Å². The molecule has 0 radical (unpaired) electrons. The minimum absolute atomic E-state index is 0.238. The van der Waals surface area contributed by atoms with Crippen LogP contribution in [0.3, 0.4) is 0 Å². The Balaban J connectivity index is 3.19. The van der Waals surface area contributed by atoms with Gasteiger partial charge in [0.25, 0.3) is 5.91 Å². The molecule has 0 fully saturated rings. The normalized spacial score (nSPS) is 12.0. The van der Waals surface area contributed by atoms with Crippen LogP contribution >= 0.6 is 22.9 Å². The molecule has 1 rings (SSSR count). The van der Waals surface area contributed by atoms with Crippen molar-refractivity contribution in [1.82, 2.24) is 5.06 Å². The summed E-state index contributed by atoms with van der Waals surface area (Å²) < 4.78 is 0.600. The monoisotopic (exact) mass is 291 g/mol. The summed E-state index contributed by atoms with van der Waals surface area (Å²) in [5, 5.41) is 11.5. The van der Waals surface area contributed by atoms with E-state index in [9.17, 15) is 10.0 Å². The maximum absolute atomic E-state index is 12.1. The number of halogens is 1. The molecule has 0 aliphatic carbocycles. The molecule has 17 heavy (non-hydrogen) atoms. The summed E-state index contributed by atoms with van der Waals surface area (Å²) in [5.41, 5.74) is 0. The summed E-state index contributed by atoms with van der Waals surface area (Å²) in [7, 11) is -1.63. The van der Waals surface area contributed by atoms with Gasteiger partial charge in [0.15, 0.2) is 0 Å². The average molecular weight is 292 g/mol. The fraction of sp³-hybridized carbons (Fsp3) is 0.545. The lowest BCUT2D eigenvalue weighted by Crippen LogP contribution is -2.43. The van der Waals surface area contributed by atoms with Crippen molar-refractivity contribution < 1.29 is 10.0 Å². The van der Waals surface area contributed by atoms with Crippen molar-refractivity contribution in [3.05, 3.63) is 15.3 Å². The van der Waals surface area contributed by atoms with Crippen LogP contribution < -0.4 is 5.19 Å². The summed E-state index contributed by atoms with van der Waals surface area (Å²) in [4.78, 5) is 12.7. The molecule has 1 N–H and O–H groups in total. The first kappa shape index (κ1) is 14.7. The summed E-state index contributed by atoms with van der Waals surface area (Å²) in [6.07, 6.45) is 0. The Labute approximate surface area is 112 Å². The molecule has 1 aromatic rings. The van der Waals surface area contributed by atoms with E-state index in [0.29, 0.717) is 9.21 Å². The summed E-state index contributed by atoms with van der Waals surface area (Å²) in [5.74, 6) is -0.352. The molecule has 1 amide bonds. The Morgan fingerprint density at radius 2 is 2.00 bits per heavy atom. The highest BCUT2D eigenvalue weighted by atomic mass is 35.5. The van der Waals surface area contributed by atoms with Crippen LogP contribution in [-0.2, 0) is 0 Å². The third kappa shape index (κ3) is 3.31. The van der Waals surface area contributed by atoms with Crippen LogP contribution in [0.2, 0.25) is 24.0 Å². The van der Waals surface area contributed by atoms with E-state index in [2.05, 4.69) is 19.6 Å². The van der Waals surface area contributed by atoms with E-state index in [1.54, 1.807) is 13.8 Å². The molecule has 0 saturated carbocycles. The van der Waals surface area contributed by atoms with Gasteiger partial charge in [-0.15, -0.1) is 11.3 Å². The largest absolute Gasteiger partial charge is 0.287 e. The first-order chi connectivity index (χ1) is 7.64. The Hall–Kier alpha value is -0.363. The highest BCUT2D eigenvalue weighted by Gasteiger charge is 2.29. The SMILES string of the molecule is CC(C)N(O)C(=O)c1sc(Cl)cc1[Si](C)(C)C. The van der Waals surface area contributed by atoms with Gasteiger partial charge in [0.2, 0.25) is 0 Å². The zero-order valence-corrected chi connectivity index (χ0v) is 13.3. The summed E-state index contributed by atoms with van der Waals surface area (Å²) >= 11 is 7.23. The maximum atomic E-state index is 12.1. The molecule has 1 aromatic heterocycles. The van der Waals surface area contributed by atoms with E-state index < -0.39 is 8.07 Å². The number of carbonyl (C=O) groups excluding carboxylic acids is 1. The quantitative estimate of drug-likeness (QED) is 0.528. The lowest BCUT2D eigenvalue weighted by Gasteiger charge is -2.21. The number of hydroxylamine groups is 2. The Morgan fingerprint density at radius 1 is 1.47 bits per heavy atom. The topological polar surface area (TPSA) is 40.5 Å². The van der Waals surface area contributed by atoms with Crippen LogP contribution in [0.4, 0.5) is 0 Å². The first-order valence-electron chi connectivity index (χ1n) is 5.47. The van der Waals surface area contributed by atoms with E-state index in [1.165, 1.54) is 11.3 Å². The molecular formula is C11H18ClNO2SSi. The van der Waals surface area contributed by atoms with E-state index in [4.69, 9.17) is 11.6 Å². The van der Waals surface area contributed by atoms with Gasteiger partial charge in [0.05, 0.1) is 23.3 Å². The van der Waals surface area contributed by atoms with Crippen LogP contribution in [0.25, 0.3) is 0 Å². The maximum Gasteiger partial charge on any atom is 0.287 e. The van der Waals surface area contributed by atoms with Gasteiger partial charge in [-0.1, -0.05) is 31.2 Å². The zero-order chi connectivity index (χ0) is 13.4. The molecule has 0 unspecified atom stereocenters. The van der Waals surface area contributed by atoms with Crippen molar-refractivity contribution in [2.45, 2.75) is 39.5 Å². The summed E-state index contributed by atoms with van der Waals surface area (Å²) in [6, 6.07) is 1.62. The van der Waals surface area contributed by atoms with Gasteiger partial charge in [-0.2, -0.15) is 0 Å². The van der Waals surface area contributed by atoms with Crippen molar-refractivity contribution >= 4 is 42.1 Å². The number of hydrogen-bond donors (Lipinski definition) is 1.